The number of rotatable bonds is 4. The van der Waals surface area contributed by atoms with Crippen molar-refractivity contribution in [2.24, 2.45) is 0 Å². The molecule has 1 aromatic carbocycles. The Bertz CT molecular complexity index is 574. The summed E-state index contributed by atoms with van der Waals surface area (Å²) in [5.41, 5.74) is 2.43. The number of ether oxygens (including phenoxy) is 1. The number of nitrogens with one attached hydrogen (secondary N) is 1. The largest absolute Gasteiger partial charge is 0.467 e. The van der Waals surface area contributed by atoms with E-state index in [4.69, 9.17) is 16.3 Å². The number of anilines is 1. The molecule has 0 saturated heterocycles. The molecule has 1 aromatic heterocycles. The SMILES string of the molecule is COc1ncc(Cl)c(N[C@@H](C)c2ccccc2C)n1. The lowest BCUT2D eigenvalue weighted by molar-refractivity contribution is 0.380. The van der Waals surface area contributed by atoms with Gasteiger partial charge in [0.2, 0.25) is 0 Å². The second kappa shape index (κ2) is 5.89. The predicted octanol–water partition coefficient (Wildman–Crippen LogP) is 3.62. The van der Waals surface area contributed by atoms with Crippen molar-refractivity contribution >= 4 is 17.4 Å². The zero-order valence-electron chi connectivity index (χ0n) is 11.1. The molecule has 0 saturated carbocycles. The summed E-state index contributed by atoms with van der Waals surface area (Å²) in [4.78, 5) is 8.16. The fraction of sp³-hybridized carbons (Fsp3) is 0.286. The first-order chi connectivity index (χ1) is 9.11. The summed E-state index contributed by atoms with van der Waals surface area (Å²) < 4.78 is 5.00. The average molecular weight is 278 g/mol. The summed E-state index contributed by atoms with van der Waals surface area (Å²) in [5.74, 6) is 0.573. The maximum Gasteiger partial charge on any atom is 0.318 e. The van der Waals surface area contributed by atoms with Crippen LogP contribution in [-0.4, -0.2) is 17.1 Å². The number of halogens is 1. The van der Waals surface area contributed by atoms with Crippen LogP contribution in [0.15, 0.2) is 30.5 Å². The van der Waals surface area contributed by atoms with Crippen LogP contribution >= 0.6 is 11.6 Å². The maximum atomic E-state index is 6.08. The molecule has 1 heterocycles. The van der Waals surface area contributed by atoms with Crippen molar-refractivity contribution < 1.29 is 4.74 Å². The molecule has 4 nitrogen and oxygen atoms in total. The first-order valence-corrected chi connectivity index (χ1v) is 6.38. The van der Waals surface area contributed by atoms with Crippen LogP contribution in [-0.2, 0) is 0 Å². The van der Waals surface area contributed by atoms with E-state index < -0.39 is 0 Å². The molecule has 0 aliphatic carbocycles. The summed E-state index contributed by atoms with van der Waals surface area (Å²) in [5, 5.41) is 3.75. The van der Waals surface area contributed by atoms with Crippen LogP contribution in [0.2, 0.25) is 5.02 Å². The second-order valence-electron chi connectivity index (χ2n) is 4.28. The first-order valence-electron chi connectivity index (χ1n) is 6.00. The van der Waals surface area contributed by atoms with Crippen molar-refractivity contribution in [1.29, 1.82) is 0 Å². The minimum atomic E-state index is 0.0957. The van der Waals surface area contributed by atoms with E-state index in [1.54, 1.807) is 0 Å². The van der Waals surface area contributed by atoms with Crippen LogP contribution in [0, 0.1) is 6.92 Å². The molecule has 0 fully saturated rings. The molecule has 2 rings (SSSR count). The van der Waals surface area contributed by atoms with Gasteiger partial charge in [-0.2, -0.15) is 4.98 Å². The van der Waals surface area contributed by atoms with Gasteiger partial charge in [-0.25, -0.2) is 4.98 Å². The summed E-state index contributed by atoms with van der Waals surface area (Å²) >= 11 is 6.08. The van der Waals surface area contributed by atoms with Gasteiger partial charge in [0.15, 0.2) is 5.82 Å². The molecular weight excluding hydrogens is 262 g/mol. The van der Waals surface area contributed by atoms with Crippen LogP contribution in [0.25, 0.3) is 0 Å². The van der Waals surface area contributed by atoms with Gasteiger partial charge >= 0.3 is 6.01 Å². The topological polar surface area (TPSA) is 47.0 Å². The van der Waals surface area contributed by atoms with Crippen molar-refractivity contribution in [1.82, 2.24) is 9.97 Å². The third-order valence-electron chi connectivity index (χ3n) is 2.91. The van der Waals surface area contributed by atoms with E-state index in [9.17, 15) is 0 Å². The normalized spacial score (nSPS) is 12.0. The molecule has 0 unspecified atom stereocenters. The minimum Gasteiger partial charge on any atom is -0.467 e. The van der Waals surface area contributed by atoms with Crippen molar-refractivity contribution in [2.75, 3.05) is 12.4 Å². The van der Waals surface area contributed by atoms with Crippen LogP contribution in [0.1, 0.15) is 24.1 Å². The number of hydrogen-bond acceptors (Lipinski definition) is 4. The van der Waals surface area contributed by atoms with E-state index in [1.807, 2.05) is 12.1 Å². The highest BCUT2D eigenvalue weighted by Gasteiger charge is 2.12. The summed E-state index contributed by atoms with van der Waals surface area (Å²) in [6.45, 7) is 4.14. The van der Waals surface area contributed by atoms with Gasteiger partial charge in [0.25, 0.3) is 0 Å². The van der Waals surface area contributed by atoms with Gasteiger partial charge in [-0.3, -0.25) is 0 Å². The molecule has 0 spiro atoms. The molecule has 0 amide bonds. The molecule has 0 aliphatic heterocycles. The van der Waals surface area contributed by atoms with Crippen molar-refractivity contribution in [2.45, 2.75) is 19.9 Å². The van der Waals surface area contributed by atoms with Gasteiger partial charge in [-0.1, -0.05) is 35.9 Å². The molecule has 1 atom stereocenters. The Labute approximate surface area is 117 Å². The Kier molecular flexibility index (Phi) is 4.22. The van der Waals surface area contributed by atoms with Gasteiger partial charge in [0.05, 0.1) is 19.3 Å². The van der Waals surface area contributed by atoms with Crippen LogP contribution in [0.4, 0.5) is 5.82 Å². The summed E-state index contributed by atoms with van der Waals surface area (Å²) in [6, 6.07) is 8.59. The molecule has 19 heavy (non-hydrogen) atoms. The molecule has 1 N–H and O–H groups in total. The number of methoxy groups -OCH3 is 1. The zero-order valence-corrected chi connectivity index (χ0v) is 11.9. The van der Waals surface area contributed by atoms with Crippen LogP contribution in [0.3, 0.4) is 0 Å². The first kappa shape index (κ1) is 13.6. The van der Waals surface area contributed by atoms with E-state index in [2.05, 4.69) is 41.3 Å². The molecule has 0 radical (unpaired) electrons. The van der Waals surface area contributed by atoms with Gasteiger partial charge in [0.1, 0.15) is 5.02 Å². The maximum absolute atomic E-state index is 6.08. The average Bonchev–Trinajstić information content (AvgIpc) is 2.41. The smallest absolute Gasteiger partial charge is 0.318 e. The molecule has 100 valence electrons. The van der Waals surface area contributed by atoms with Crippen molar-refractivity contribution in [3.05, 3.63) is 46.6 Å². The minimum absolute atomic E-state index is 0.0957. The van der Waals surface area contributed by atoms with E-state index in [-0.39, 0.29) is 6.04 Å². The van der Waals surface area contributed by atoms with Crippen molar-refractivity contribution in [3.63, 3.8) is 0 Å². The molecule has 5 heteroatoms. The Hall–Kier alpha value is -1.81. The lowest BCUT2D eigenvalue weighted by Crippen LogP contribution is -2.10. The Morgan fingerprint density at radius 1 is 1.32 bits per heavy atom. The van der Waals surface area contributed by atoms with Crippen molar-refractivity contribution in [3.8, 4) is 6.01 Å². The fourth-order valence-corrected chi connectivity index (χ4v) is 2.05. The number of aromatic nitrogens is 2. The lowest BCUT2D eigenvalue weighted by atomic mass is 10.0. The summed E-state index contributed by atoms with van der Waals surface area (Å²) in [6.07, 6.45) is 1.53. The number of nitrogens with zero attached hydrogens (tertiary/aromatic N) is 2. The molecule has 2 aromatic rings. The monoisotopic (exact) mass is 277 g/mol. The summed E-state index contributed by atoms with van der Waals surface area (Å²) in [7, 11) is 1.53. The molecule has 0 bridgehead atoms. The highest BCUT2D eigenvalue weighted by atomic mass is 35.5. The van der Waals surface area contributed by atoms with E-state index >= 15 is 0 Å². The Morgan fingerprint density at radius 2 is 2.05 bits per heavy atom. The Morgan fingerprint density at radius 3 is 2.74 bits per heavy atom. The van der Waals surface area contributed by atoms with Gasteiger partial charge in [-0.15, -0.1) is 0 Å². The molecule has 0 aliphatic rings. The number of hydrogen-bond donors (Lipinski definition) is 1. The molecular formula is C14H16ClN3O. The zero-order chi connectivity index (χ0) is 13.8. The van der Waals surface area contributed by atoms with Crippen LogP contribution < -0.4 is 10.1 Å². The third kappa shape index (κ3) is 3.15. The highest BCUT2D eigenvalue weighted by Crippen LogP contribution is 2.26. The third-order valence-corrected chi connectivity index (χ3v) is 3.19. The van der Waals surface area contributed by atoms with Gasteiger partial charge < -0.3 is 10.1 Å². The fourth-order valence-electron chi connectivity index (χ4n) is 1.91. The quantitative estimate of drug-likeness (QED) is 0.927. The van der Waals surface area contributed by atoms with Gasteiger partial charge in [-0.05, 0) is 25.0 Å². The number of aryl methyl sites for hydroxylation is 1. The standard InChI is InChI=1S/C14H16ClN3O/c1-9-6-4-5-7-11(9)10(2)17-13-12(15)8-16-14(18-13)19-3/h4-8,10H,1-3H3,(H,16,17,18)/t10-/m0/s1. The van der Waals surface area contributed by atoms with Gasteiger partial charge in [0, 0.05) is 0 Å². The predicted molar refractivity (Wildman–Crippen MR) is 76.8 cm³/mol. The highest BCUT2D eigenvalue weighted by molar-refractivity contribution is 6.32. The van der Waals surface area contributed by atoms with E-state index in [0.717, 1.165) is 0 Å². The van der Waals surface area contributed by atoms with Crippen LogP contribution in [0.5, 0.6) is 6.01 Å². The van der Waals surface area contributed by atoms with E-state index in [1.165, 1.54) is 24.4 Å². The van der Waals surface area contributed by atoms with E-state index in [0.29, 0.717) is 16.9 Å². The number of benzene rings is 1. The second-order valence-corrected chi connectivity index (χ2v) is 4.68. The Balaban J connectivity index is 2.24. The lowest BCUT2D eigenvalue weighted by Gasteiger charge is -2.17.